The molecule has 0 aromatic heterocycles. The van der Waals surface area contributed by atoms with Crippen molar-refractivity contribution < 1.29 is 4.84 Å². The highest BCUT2D eigenvalue weighted by molar-refractivity contribution is 9.10. The quantitative estimate of drug-likeness (QED) is 0.191. The summed E-state index contributed by atoms with van der Waals surface area (Å²) in [5, 5.41) is 10.5. The fourth-order valence-electron chi connectivity index (χ4n) is 3.66. The normalized spacial score (nSPS) is 11.4. The highest BCUT2D eigenvalue weighted by Gasteiger charge is 2.16. The van der Waals surface area contributed by atoms with Crippen LogP contribution in [0.4, 0.5) is 17.1 Å². The summed E-state index contributed by atoms with van der Waals surface area (Å²) >= 11 is 3.48. The first-order valence-corrected chi connectivity index (χ1v) is 12.1. The van der Waals surface area contributed by atoms with Gasteiger partial charge in [0.25, 0.3) is 0 Å². The molecule has 7 heteroatoms. The van der Waals surface area contributed by atoms with Gasteiger partial charge < -0.3 is 15.5 Å². The molecule has 0 aliphatic heterocycles. The summed E-state index contributed by atoms with van der Waals surface area (Å²) in [6, 6.07) is 23.7. The highest BCUT2D eigenvalue weighted by Crippen LogP contribution is 2.37. The first kappa shape index (κ1) is 25.5. The predicted molar refractivity (Wildman–Crippen MR) is 148 cm³/mol. The average Bonchev–Trinajstić information content (AvgIpc) is 2.96. The Hall–Kier alpha value is -3.13. The Balaban J connectivity index is 0.00000158. The minimum absolute atomic E-state index is 0.485. The number of fused-ring (bicyclic) bond motifs is 2. The zero-order valence-electron chi connectivity index (χ0n) is 20.1. The monoisotopic (exact) mass is 521 g/mol. The SMILES string of the molecule is CC.CN(C)CCO/N=c1/c2ccccc2c(N)c(N(N)c2ccc(Br)cc2)c2ccccc12. The van der Waals surface area contributed by atoms with Gasteiger partial charge in [0.1, 0.15) is 12.0 Å². The van der Waals surface area contributed by atoms with Crippen LogP contribution in [0.15, 0.2) is 82.4 Å². The van der Waals surface area contributed by atoms with Crippen LogP contribution < -0.4 is 21.9 Å². The van der Waals surface area contributed by atoms with Gasteiger partial charge in [0.15, 0.2) is 0 Å². The molecule has 0 fully saturated rings. The van der Waals surface area contributed by atoms with E-state index in [4.69, 9.17) is 16.4 Å². The van der Waals surface area contributed by atoms with E-state index < -0.39 is 0 Å². The summed E-state index contributed by atoms with van der Waals surface area (Å²) in [4.78, 5) is 7.77. The second-order valence-corrected chi connectivity index (χ2v) is 8.69. The van der Waals surface area contributed by atoms with Crippen molar-refractivity contribution >= 4 is 54.5 Å². The van der Waals surface area contributed by atoms with Crippen molar-refractivity contribution in [1.29, 1.82) is 0 Å². The molecule has 34 heavy (non-hydrogen) atoms. The van der Waals surface area contributed by atoms with Gasteiger partial charge in [-0.05, 0) is 38.4 Å². The number of likely N-dealkylation sites (N-methyl/N-ethyl adjacent to an activating group) is 1. The Morgan fingerprint density at radius 2 is 1.35 bits per heavy atom. The van der Waals surface area contributed by atoms with Gasteiger partial charge in [-0.2, -0.15) is 0 Å². The summed E-state index contributed by atoms with van der Waals surface area (Å²) in [5.41, 5.74) is 8.89. The Labute approximate surface area is 209 Å². The molecule has 0 saturated heterocycles. The van der Waals surface area contributed by atoms with Crippen LogP contribution in [-0.2, 0) is 4.84 Å². The molecule has 0 amide bonds. The maximum Gasteiger partial charge on any atom is 0.129 e. The number of anilines is 3. The zero-order chi connectivity index (χ0) is 24.7. The van der Waals surface area contributed by atoms with Crippen LogP contribution in [0.25, 0.3) is 21.5 Å². The number of nitrogen functional groups attached to an aromatic ring is 1. The second-order valence-electron chi connectivity index (χ2n) is 7.78. The minimum Gasteiger partial charge on any atom is -0.396 e. The van der Waals surface area contributed by atoms with E-state index in [2.05, 4.69) is 26.0 Å². The number of nitrogens with zero attached hydrogens (tertiary/aromatic N) is 3. The van der Waals surface area contributed by atoms with Crippen molar-refractivity contribution in [3.05, 3.63) is 82.6 Å². The van der Waals surface area contributed by atoms with Crippen molar-refractivity contribution in [3.8, 4) is 0 Å². The fraction of sp³-hybridized carbons (Fsp3) is 0.222. The Morgan fingerprint density at radius 1 is 0.824 bits per heavy atom. The van der Waals surface area contributed by atoms with E-state index in [1.54, 1.807) is 5.01 Å². The molecule has 0 spiro atoms. The molecule has 0 aliphatic carbocycles. The zero-order valence-corrected chi connectivity index (χ0v) is 21.7. The van der Waals surface area contributed by atoms with Gasteiger partial charge in [-0.15, -0.1) is 0 Å². The van der Waals surface area contributed by atoms with Crippen LogP contribution in [0.1, 0.15) is 13.8 Å². The molecular weight excluding hydrogens is 490 g/mol. The molecule has 4 N–H and O–H groups in total. The number of hydrogen-bond acceptors (Lipinski definition) is 6. The summed E-state index contributed by atoms with van der Waals surface area (Å²) in [5.74, 6) is 6.66. The van der Waals surface area contributed by atoms with Crippen molar-refractivity contribution in [3.63, 3.8) is 0 Å². The summed E-state index contributed by atoms with van der Waals surface area (Å²) in [6.45, 7) is 5.25. The second kappa shape index (κ2) is 11.8. The van der Waals surface area contributed by atoms with Crippen LogP contribution in [0.3, 0.4) is 0 Å². The average molecular weight is 522 g/mol. The molecule has 6 nitrogen and oxygen atoms in total. The van der Waals surface area contributed by atoms with Gasteiger partial charge in [-0.3, -0.25) is 5.01 Å². The van der Waals surface area contributed by atoms with E-state index in [1.165, 1.54) is 0 Å². The molecule has 4 aromatic rings. The third-order valence-corrected chi connectivity index (χ3v) is 5.82. The molecule has 0 unspecified atom stereocenters. The molecule has 178 valence electrons. The van der Waals surface area contributed by atoms with E-state index in [0.29, 0.717) is 18.0 Å². The number of nitrogens with two attached hydrogens (primary N) is 2. The molecule has 0 bridgehead atoms. The topological polar surface area (TPSA) is 80.1 Å². The lowest BCUT2D eigenvalue weighted by Gasteiger charge is -2.21. The summed E-state index contributed by atoms with van der Waals surface area (Å²) in [6.07, 6.45) is 0. The van der Waals surface area contributed by atoms with Crippen LogP contribution >= 0.6 is 15.9 Å². The first-order chi connectivity index (χ1) is 16.5. The van der Waals surface area contributed by atoms with Gasteiger partial charge >= 0.3 is 0 Å². The van der Waals surface area contributed by atoms with Crippen molar-refractivity contribution in [2.24, 2.45) is 11.0 Å². The van der Waals surface area contributed by atoms with Crippen LogP contribution in [-0.4, -0.2) is 32.1 Å². The predicted octanol–water partition coefficient (Wildman–Crippen LogP) is 5.77. The maximum absolute atomic E-state index is 6.78. The lowest BCUT2D eigenvalue weighted by molar-refractivity contribution is 0.117. The molecule has 0 heterocycles. The molecule has 4 aromatic carbocycles. The van der Waals surface area contributed by atoms with Crippen LogP contribution in [0, 0.1) is 0 Å². The van der Waals surface area contributed by atoms with Gasteiger partial charge in [-0.1, -0.05) is 83.5 Å². The van der Waals surface area contributed by atoms with E-state index in [-0.39, 0.29) is 0 Å². The molecule has 4 rings (SSSR count). The van der Waals surface area contributed by atoms with E-state index in [1.807, 2.05) is 101 Å². The third-order valence-electron chi connectivity index (χ3n) is 5.30. The van der Waals surface area contributed by atoms with Gasteiger partial charge in [0.05, 0.1) is 17.1 Å². The van der Waals surface area contributed by atoms with Crippen LogP contribution in [0.2, 0.25) is 0 Å². The number of hydrazine groups is 1. The Kier molecular flexibility index (Phi) is 8.87. The largest absolute Gasteiger partial charge is 0.396 e. The Morgan fingerprint density at radius 3 is 1.94 bits per heavy atom. The van der Waals surface area contributed by atoms with Gasteiger partial charge in [0, 0.05) is 32.6 Å². The van der Waals surface area contributed by atoms with Crippen molar-refractivity contribution in [2.45, 2.75) is 13.8 Å². The van der Waals surface area contributed by atoms with Crippen molar-refractivity contribution in [1.82, 2.24) is 4.90 Å². The number of benzene rings is 3. The summed E-state index contributed by atoms with van der Waals surface area (Å²) in [7, 11) is 4.00. The molecule has 0 atom stereocenters. The molecule has 0 aliphatic rings. The molecular formula is C27H32BrN5O. The number of hydrogen-bond donors (Lipinski definition) is 2. The third kappa shape index (κ3) is 5.50. The first-order valence-electron chi connectivity index (χ1n) is 11.3. The summed E-state index contributed by atoms with van der Waals surface area (Å²) < 4.78 is 0.979. The van der Waals surface area contributed by atoms with E-state index in [9.17, 15) is 0 Å². The van der Waals surface area contributed by atoms with E-state index >= 15 is 0 Å². The van der Waals surface area contributed by atoms with Gasteiger partial charge in [-0.25, -0.2) is 5.84 Å². The number of halogens is 1. The standard InChI is InChI=1S/C25H26BrN5O.C2H6/c1-30(2)15-16-32-29-24-20-8-4-3-7-19(20)23(27)25(22-10-6-5-9-21(22)24)31(28)18-13-11-17(26)12-14-18;1-2/h3-14H,15-16,27-28H2,1-2H3;1-2H3/b29-24-;. The van der Waals surface area contributed by atoms with Crippen LogP contribution in [0.5, 0.6) is 0 Å². The smallest absolute Gasteiger partial charge is 0.129 e. The van der Waals surface area contributed by atoms with Crippen molar-refractivity contribution in [2.75, 3.05) is 38.0 Å². The fourth-order valence-corrected chi connectivity index (χ4v) is 3.92. The molecule has 0 radical (unpaired) electrons. The lowest BCUT2D eigenvalue weighted by Crippen LogP contribution is -2.25. The van der Waals surface area contributed by atoms with E-state index in [0.717, 1.165) is 43.6 Å². The number of rotatable bonds is 6. The highest BCUT2D eigenvalue weighted by atomic mass is 79.9. The lowest BCUT2D eigenvalue weighted by atomic mass is 10.1. The minimum atomic E-state index is 0.485. The molecule has 0 saturated carbocycles. The van der Waals surface area contributed by atoms with Gasteiger partial charge in [0.2, 0.25) is 0 Å². The maximum atomic E-state index is 6.78. The Bertz CT molecular complexity index is 1320.